The minimum absolute atomic E-state index is 0.0299. The van der Waals surface area contributed by atoms with Gasteiger partial charge in [0.25, 0.3) is 11.8 Å². The molecule has 1 saturated heterocycles. The van der Waals surface area contributed by atoms with Gasteiger partial charge < -0.3 is 34.7 Å². The molecule has 2 heterocycles. The molecule has 5 aliphatic carbocycles. The van der Waals surface area contributed by atoms with E-state index in [1.54, 1.807) is 17.7 Å². The van der Waals surface area contributed by atoms with Gasteiger partial charge in [-0.2, -0.15) is 0 Å². The summed E-state index contributed by atoms with van der Waals surface area (Å²) in [5.74, 6) is 0.125. The van der Waals surface area contributed by atoms with Crippen LogP contribution >= 0.6 is 0 Å². The van der Waals surface area contributed by atoms with Crippen molar-refractivity contribution in [3.8, 4) is 0 Å². The lowest BCUT2D eigenvalue weighted by Crippen LogP contribution is -2.66. The van der Waals surface area contributed by atoms with Gasteiger partial charge in [-0.15, -0.1) is 0 Å². The van der Waals surface area contributed by atoms with E-state index in [9.17, 15) is 33.9 Å². The van der Waals surface area contributed by atoms with Crippen molar-refractivity contribution >= 4 is 41.1 Å². The number of carbonyl (C=O) groups excluding carboxylic acids is 6. The Morgan fingerprint density at radius 1 is 0.724 bits per heavy atom. The molecule has 6 amide bonds. The Morgan fingerprint density at radius 2 is 1.38 bits per heavy atom. The van der Waals surface area contributed by atoms with E-state index in [1.165, 1.54) is 18.9 Å². The van der Waals surface area contributed by atoms with Gasteiger partial charge in [0.2, 0.25) is 23.6 Å². The van der Waals surface area contributed by atoms with Gasteiger partial charge in [-0.3, -0.25) is 39.0 Å². The average molecular weight is 1060 g/mol. The number of benzene rings is 1. The van der Waals surface area contributed by atoms with Crippen LogP contribution in [0.4, 0.5) is 5.69 Å². The summed E-state index contributed by atoms with van der Waals surface area (Å²) in [6.07, 6.45) is 18.7. The number of anilines is 1. The molecule has 0 radical (unpaired) electrons. The molecule has 1 unspecified atom stereocenters. The van der Waals surface area contributed by atoms with Crippen molar-refractivity contribution in [1.29, 1.82) is 0 Å². The van der Waals surface area contributed by atoms with Gasteiger partial charge >= 0.3 is 0 Å². The summed E-state index contributed by atoms with van der Waals surface area (Å²) in [6.45, 7) is 22.2. The molecule has 76 heavy (non-hydrogen) atoms. The zero-order chi connectivity index (χ0) is 54.5. The van der Waals surface area contributed by atoms with Gasteiger partial charge in [-0.25, -0.2) is 0 Å². The number of hydrogen-bond donors (Lipinski definition) is 4. The third-order valence-electron chi connectivity index (χ3n) is 21.0. The quantitative estimate of drug-likeness (QED) is 0.0413. The number of hydrogen-bond acceptors (Lipinski definition) is 11. The molecule has 11 atom stereocenters. The van der Waals surface area contributed by atoms with Crippen LogP contribution in [-0.4, -0.2) is 117 Å². The predicted octanol–water partition coefficient (Wildman–Crippen LogP) is 9.35. The van der Waals surface area contributed by atoms with Crippen LogP contribution in [0.3, 0.4) is 0 Å². The molecule has 15 nitrogen and oxygen atoms in total. The molecule has 0 bridgehead atoms. The lowest BCUT2D eigenvalue weighted by Gasteiger charge is -2.71. The maximum Gasteiger partial charge on any atom is 0.264 e. The second-order valence-corrected chi connectivity index (χ2v) is 25.3. The molecule has 1 aromatic rings. The second-order valence-electron chi connectivity index (χ2n) is 25.3. The highest BCUT2D eigenvalue weighted by molar-refractivity contribution is 6.26. The summed E-state index contributed by atoms with van der Waals surface area (Å²) >= 11 is 0. The first-order valence-corrected chi connectivity index (χ1v) is 29.4. The molecule has 8 rings (SSSR count). The number of aliphatic hydroxyl groups excluding tert-OH is 1. The molecule has 7 aliphatic rings. The molecule has 2 aliphatic heterocycles. The van der Waals surface area contributed by atoms with Crippen LogP contribution in [0.5, 0.6) is 0 Å². The Hall–Kier alpha value is -4.02. The van der Waals surface area contributed by atoms with Crippen LogP contribution in [0.25, 0.3) is 0 Å². The lowest BCUT2D eigenvalue weighted by atomic mass is 9.33. The number of piperidine rings is 1. The highest BCUT2D eigenvalue weighted by Crippen LogP contribution is 2.75. The van der Waals surface area contributed by atoms with E-state index in [-0.39, 0.29) is 75.2 Å². The second kappa shape index (κ2) is 24.6. The van der Waals surface area contributed by atoms with Crippen molar-refractivity contribution in [3.05, 3.63) is 41.0 Å². The van der Waals surface area contributed by atoms with Crippen LogP contribution < -0.4 is 16.0 Å². The fourth-order valence-electron chi connectivity index (χ4n) is 16.2. The highest BCUT2D eigenvalue weighted by atomic mass is 16.6. The summed E-state index contributed by atoms with van der Waals surface area (Å²) in [6, 6.07) is 3.56. The summed E-state index contributed by atoms with van der Waals surface area (Å²) in [5.41, 5.74) is 2.14. The van der Waals surface area contributed by atoms with Crippen molar-refractivity contribution in [2.24, 2.45) is 56.7 Å². The molecule has 0 aromatic heterocycles. The molecular formula is C61H92N4O11. The third kappa shape index (κ3) is 11.4. The molecule has 422 valence electrons. The SMILES string of the molecule is C[C@H]1[C@H](C)CC[C@]2(C(=O)NCCCCCCOCCOCCOCCOCCCCCC(=O)Nc3cccc4c3C(=O)N(C3CCC(=O)NC3=O)C4=O)CC[C@]3(C)C(=CC[C@@H]4[C@@]5(C)CC[C@H](O)C(C)(C)[C@@H]5CC[C@]43C)[C@H]12. The highest BCUT2D eigenvalue weighted by Gasteiger charge is 2.69. The summed E-state index contributed by atoms with van der Waals surface area (Å²) in [5, 5.41) is 19.6. The van der Waals surface area contributed by atoms with Crippen LogP contribution in [-0.2, 0) is 38.1 Å². The number of nitrogens with zero attached hydrogens (tertiary/aromatic N) is 1. The molecule has 0 spiro atoms. The number of amides is 6. The number of aliphatic hydroxyl groups is 1. The van der Waals surface area contributed by atoms with Crippen LogP contribution in [0, 0.1) is 56.7 Å². The van der Waals surface area contributed by atoms with Crippen LogP contribution in [0.2, 0.25) is 0 Å². The molecule has 4 N–H and O–H groups in total. The lowest BCUT2D eigenvalue weighted by molar-refractivity contribution is -0.204. The van der Waals surface area contributed by atoms with Gasteiger partial charge in [-0.1, -0.05) is 85.4 Å². The predicted molar refractivity (Wildman–Crippen MR) is 290 cm³/mol. The van der Waals surface area contributed by atoms with E-state index in [1.807, 2.05) is 0 Å². The summed E-state index contributed by atoms with van der Waals surface area (Å²) in [7, 11) is 0. The summed E-state index contributed by atoms with van der Waals surface area (Å²) < 4.78 is 22.8. The van der Waals surface area contributed by atoms with Gasteiger partial charge in [0.1, 0.15) is 6.04 Å². The molecule has 1 aromatic carbocycles. The monoisotopic (exact) mass is 1060 g/mol. The van der Waals surface area contributed by atoms with Crippen molar-refractivity contribution in [2.75, 3.05) is 64.7 Å². The number of fused-ring (bicyclic) bond motifs is 8. The number of carbonyl (C=O) groups is 6. The van der Waals surface area contributed by atoms with Crippen molar-refractivity contribution in [3.63, 3.8) is 0 Å². The number of unbranched alkanes of at least 4 members (excludes halogenated alkanes) is 5. The number of rotatable bonds is 25. The number of imide groups is 2. The largest absolute Gasteiger partial charge is 0.393 e. The Kier molecular flexibility index (Phi) is 18.8. The average Bonchev–Trinajstić information content (AvgIpc) is 3.82. The number of nitrogens with one attached hydrogen (secondary N) is 3. The minimum Gasteiger partial charge on any atom is -0.393 e. The van der Waals surface area contributed by atoms with E-state index in [2.05, 4.69) is 70.5 Å². The topological polar surface area (TPSA) is 199 Å². The van der Waals surface area contributed by atoms with Gasteiger partial charge in [0.05, 0.1) is 68.0 Å². The van der Waals surface area contributed by atoms with Gasteiger partial charge in [-0.05, 0) is 153 Å². The van der Waals surface area contributed by atoms with E-state index in [0.717, 1.165) is 94.9 Å². The normalized spacial score (nSPS) is 33.6. The fraction of sp³-hybridized carbons (Fsp3) is 0.770. The fourth-order valence-corrected chi connectivity index (χ4v) is 16.2. The number of ether oxygens (including phenoxy) is 4. The van der Waals surface area contributed by atoms with Crippen molar-refractivity contribution in [2.45, 2.75) is 183 Å². The number of allylic oxidation sites excluding steroid dienone is 2. The molecular weight excluding hydrogens is 965 g/mol. The van der Waals surface area contributed by atoms with E-state index < -0.39 is 29.7 Å². The molecule has 4 saturated carbocycles. The smallest absolute Gasteiger partial charge is 0.264 e. The Bertz CT molecular complexity index is 2320. The third-order valence-corrected chi connectivity index (χ3v) is 21.0. The first kappa shape index (κ1) is 58.1. The van der Waals surface area contributed by atoms with Crippen LogP contribution in [0.15, 0.2) is 29.8 Å². The maximum atomic E-state index is 14.6. The zero-order valence-electron chi connectivity index (χ0n) is 47.1. The zero-order valence-corrected chi connectivity index (χ0v) is 47.1. The van der Waals surface area contributed by atoms with E-state index >= 15 is 0 Å². The van der Waals surface area contributed by atoms with Gasteiger partial charge in [0.15, 0.2) is 0 Å². The molecule has 15 heteroatoms. The maximum absolute atomic E-state index is 14.6. The molecule has 5 fully saturated rings. The Morgan fingerprint density at radius 3 is 2.07 bits per heavy atom. The Labute approximate surface area is 452 Å². The van der Waals surface area contributed by atoms with Gasteiger partial charge in [0, 0.05) is 32.6 Å². The standard InChI is InChI=1S/C61H92N4O11/c1-40-23-28-61(30-29-59(6)43(52(61)41(40)2)19-21-47-58(5)26-25-48(66)57(3,4)46(58)24-27-60(47,59)7)56(72)62-31-12-8-9-13-32-73-34-36-75-38-39-76-37-35-74-33-14-10-11-18-49(67)63-44-17-15-16-42-51(44)55(71)65(54(42)70)45-20-22-50(68)64-53(45)69/h15-17,19,40-41,45-48,52,66H,8-14,18,20-39H2,1-7H3,(H,62,72)(H,63,67)(H,64,68,69)/t40-,41+,45?,46+,47-,48+,52+,58+,59-,60-,61+/m1/s1. The first-order chi connectivity index (χ1) is 36.3. The first-order valence-electron chi connectivity index (χ1n) is 29.4. The minimum atomic E-state index is -1.07. The van der Waals surface area contributed by atoms with E-state index in [4.69, 9.17) is 18.9 Å². The van der Waals surface area contributed by atoms with Crippen LogP contribution in [0.1, 0.15) is 191 Å². The summed E-state index contributed by atoms with van der Waals surface area (Å²) in [4.78, 5) is 78.6. The van der Waals surface area contributed by atoms with Crippen molar-refractivity contribution < 1.29 is 52.8 Å². The van der Waals surface area contributed by atoms with Crippen molar-refractivity contribution in [1.82, 2.24) is 15.5 Å². The van der Waals surface area contributed by atoms with E-state index in [0.29, 0.717) is 94.8 Å². The Balaban J connectivity index is 0.630.